The summed E-state index contributed by atoms with van der Waals surface area (Å²) in [6, 6.07) is 10.3. The van der Waals surface area contributed by atoms with E-state index in [-0.39, 0.29) is 11.0 Å². The minimum absolute atomic E-state index is 0.205. The quantitative estimate of drug-likeness (QED) is 0.399. The first-order chi connectivity index (χ1) is 10.4. The van der Waals surface area contributed by atoms with Crippen LogP contribution in [-0.2, 0) is 0 Å². The fourth-order valence-corrected chi connectivity index (χ4v) is 3.50. The third-order valence-electron chi connectivity index (χ3n) is 2.59. The molecule has 1 amide bonds. The maximum Gasteiger partial charge on any atom is 0.257 e. The van der Waals surface area contributed by atoms with Gasteiger partial charge in [-0.2, -0.15) is 0 Å². The van der Waals surface area contributed by atoms with Crippen LogP contribution in [0.2, 0.25) is 10.0 Å². The molecule has 0 heterocycles. The van der Waals surface area contributed by atoms with Crippen molar-refractivity contribution in [1.29, 1.82) is 0 Å². The average Bonchev–Trinajstić information content (AvgIpc) is 2.45. The minimum atomic E-state index is -0.358. The predicted octanol–water partition coefficient (Wildman–Crippen LogP) is 5.49. The molecular weight excluding hydrogens is 522 g/mol. The number of hydrogen-bond acceptors (Lipinski definition) is 2. The van der Waals surface area contributed by atoms with Crippen molar-refractivity contribution < 1.29 is 4.79 Å². The Hall–Kier alpha value is -0.410. The highest BCUT2D eigenvalue weighted by Crippen LogP contribution is 2.23. The normalized spacial score (nSPS) is 10.2. The third kappa shape index (κ3) is 4.79. The maximum absolute atomic E-state index is 12.1. The topological polar surface area (TPSA) is 41.1 Å². The number of halogens is 4. The average molecular weight is 530 g/mol. The molecule has 0 radical (unpaired) electrons. The van der Waals surface area contributed by atoms with Gasteiger partial charge in [0.05, 0.1) is 15.7 Å². The fourth-order valence-electron chi connectivity index (χ4n) is 1.56. The van der Waals surface area contributed by atoms with Gasteiger partial charge in [0.25, 0.3) is 5.91 Å². The summed E-state index contributed by atoms with van der Waals surface area (Å²) in [5.41, 5.74) is 1.19. The highest BCUT2D eigenvalue weighted by molar-refractivity contribution is 14.1. The van der Waals surface area contributed by atoms with Crippen LogP contribution in [0.4, 0.5) is 5.69 Å². The third-order valence-corrected chi connectivity index (χ3v) is 4.92. The number of carbonyl (C=O) groups is 1. The zero-order chi connectivity index (χ0) is 16.3. The Morgan fingerprint density at radius 3 is 2.50 bits per heavy atom. The molecule has 0 fully saturated rings. The molecule has 2 N–H and O–H groups in total. The van der Waals surface area contributed by atoms with Crippen molar-refractivity contribution in [2.75, 3.05) is 5.32 Å². The maximum atomic E-state index is 12.1. The monoisotopic (exact) mass is 528 g/mol. The first-order valence-corrected chi connectivity index (χ1v) is 8.93. The molecule has 2 rings (SSSR count). The van der Waals surface area contributed by atoms with Crippen LogP contribution in [-0.4, -0.2) is 11.0 Å². The molecule has 22 heavy (non-hydrogen) atoms. The summed E-state index contributed by atoms with van der Waals surface area (Å²) < 4.78 is 1.94. The van der Waals surface area contributed by atoms with Gasteiger partial charge in [0.1, 0.15) is 0 Å². The molecule has 0 saturated heterocycles. The molecule has 0 saturated carbocycles. The van der Waals surface area contributed by atoms with Gasteiger partial charge in [-0.05, 0) is 71.2 Å². The Labute approximate surface area is 165 Å². The number of thiocarbonyl (C=S) groups is 1. The number of benzene rings is 2. The van der Waals surface area contributed by atoms with Gasteiger partial charge in [0.2, 0.25) is 0 Å². The van der Waals surface area contributed by atoms with E-state index in [2.05, 4.69) is 49.2 Å². The first kappa shape index (κ1) is 17.9. The van der Waals surface area contributed by atoms with Gasteiger partial charge in [0, 0.05) is 13.6 Å². The molecule has 0 aromatic heterocycles. The van der Waals surface area contributed by atoms with Crippen LogP contribution in [0, 0.1) is 3.57 Å². The Balaban J connectivity index is 2.05. The molecule has 2 aromatic rings. The van der Waals surface area contributed by atoms with Crippen LogP contribution in [0.5, 0.6) is 0 Å². The molecule has 0 bridgehead atoms. The van der Waals surface area contributed by atoms with Gasteiger partial charge in [-0.15, -0.1) is 0 Å². The highest BCUT2D eigenvalue weighted by atomic mass is 127. The summed E-state index contributed by atoms with van der Waals surface area (Å²) in [4.78, 5) is 12.1. The Morgan fingerprint density at radius 1 is 1.14 bits per heavy atom. The van der Waals surface area contributed by atoms with Gasteiger partial charge >= 0.3 is 0 Å². The molecule has 0 atom stereocenters. The van der Waals surface area contributed by atoms with Crippen molar-refractivity contribution in [2.45, 2.75) is 0 Å². The molecule has 0 unspecified atom stereocenters. The van der Waals surface area contributed by atoms with Gasteiger partial charge in [-0.3, -0.25) is 10.1 Å². The van der Waals surface area contributed by atoms with Crippen LogP contribution in [0.15, 0.2) is 40.9 Å². The fraction of sp³-hybridized carbons (Fsp3) is 0. The zero-order valence-electron chi connectivity index (χ0n) is 10.8. The summed E-state index contributed by atoms with van der Waals surface area (Å²) in [6.07, 6.45) is 0. The summed E-state index contributed by atoms with van der Waals surface area (Å²) in [6.45, 7) is 0. The van der Waals surface area contributed by atoms with E-state index >= 15 is 0 Å². The zero-order valence-corrected chi connectivity index (χ0v) is 16.9. The molecule has 2 aromatic carbocycles. The van der Waals surface area contributed by atoms with E-state index in [1.165, 1.54) is 6.07 Å². The summed E-state index contributed by atoms with van der Waals surface area (Å²) in [7, 11) is 0. The molecule has 0 aliphatic carbocycles. The molecule has 8 heteroatoms. The number of rotatable bonds is 2. The molecule has 114 valence electrons. The van der Waals surface area contributed by atoms with Gasteiger partial charge in [-0.1, -0.05) is 39.1 Å². The molecule has 3 nitrogen and oxygen atoms in total. The van der Waals surface area contributed by atoms with E-state index in [4.69, 9.17) is 35.4 Å². The van der Waals surface area contributed by atoms with Crippen molar-refractivity contribution >= 4 is 90.6 Å². The number of anilines is 1. The van der Waals surface area contributed by atoms with E-state index in [1.807, 2.05) is 18.2 Å². The second kappa shape index (κ2) is 7.92. The Kier molecular flexibility index (Phi) is 6.46. The van der Waals surface area contributed by atoms with Crippen LogP contribution in [0.1, 0.15) is 10.4 Å². The Bertz CT molecular complexity index is 758. The minimum Gasteiger partial charge on any atom is -0.332 e. The van der Waals surface area contributed by atoms with Crippen LogP contribution >= 0.6 is 73.9 Å². The lowest BCUT2D eigenvalue weighted by molar-refractivity contribution is 0.0978. The highest BCUT2D eigenvalue weighted by Gasteiger charge is 2.11. The van der Waals surface area contributed by atoms with Crippen LogP contribution in [0.3, 0.4) is 0 Å². The standard InChI is InChI=1S/C14H8BrCl2IN2OS/c15-8-2-4-12(11(18)6-8)19-14(22)20-13(21)7-1-3-9(16)10(17)5-7/h1-6H,(H2,19,20,21,22). The van der Waals surface area contributed by atoms with Crippen LogP contribution < -0.4 is 10.6 Å². The Morgan fingerprint density at radius 2 is 1.86 bits per heavy atom. The summed E-state index contributed by atoms with van der Waals surface area (Å²) >= 11 is 22.4. The lowest BCUT2D eigenvalue weighted by Gasteiger charge is -2.11. The largest absolute Gasteiger partial charge is 0.332 e. The van der Waals surface area contributed by atoms with E-state index in [0.717, 1.165) is 13.7 Å². The summed E-state index contributed by atoms with van der Waals surface area (Å²) in [5.74, 6) is -0.358. The molecular formula is C14H8BrCl2IN2OS. The van der Waals surface area contributed by atoms with Crippen molar-refractivity contribution in [3.05, 3.63) is 60.0 Å². The molecule has 0 spiro atoms. The summed E-state index contributed by atoms with van der Waals surface area (Å²) in [5, 5.41) is 6.49. The van der Waals surface area contributed by atoms with Crippen molar-refractivity contribution in [2.24, 2.45) is 0 Å². The van der Waals surface area contributed by atoms with E-state index in [9.17, 15) is 4.79 Å². The predicted molar refractivity (Wildman–Crippen MR) is 107 cm³/mol. The number of amides is 1. The van der Waals surface area contributed by atoms with E-state index in [0.29, 0.717) is 15.6 Å². The second-order valence-corrected chi connectivity index (χ2v) is 7.46. The molecule has 0 aliphatic rings. The lowest BCUT2D eigenvalue weighted by Crippen LogP contribution is -2.34. The number of nitrogens with one attached hydrogen (secondary N) is 2. The number of carbonyl (C=O) groups excluding carboxylic acids is 1. The van der Waals surface area contributed by atoms with Crippen molar-refractivity contribution in [3.8, 4) is 0 Å². The second-order valence-electron chi connectivity index (χ2n) is 4.16. The first-order valence-electron chi connectivity index (χ1n) is 5.89. The van der Waals surface area contributed by atoms with Crippen molar-refractivity contribution in [3.63, 3.8) is 0 Å². The van der Waals surface area contributed by atoms with E-state index in [1.54, 1.807) is 12.1 Å². The SMILES string of the molecule is O=C(NC(=S)Nc1ccc(Br)cc1I)c1ccc(Cl)c(Cl)c1. The van der Waals surface area contributed by atoms with E-state index < -0.39 is 0 Å². The smallest absolute Gasteiger partial charge is 0.257 e. The molecule has 0 aliphatic heterocycles. The van der Waals surface area contributed by atoms with Gasteiger partial charge in [0.15, 0.2) is 5.11 Å². The lowest BCUT2D eigenvalue weighted by atomic mass is 10.2. The van der Waals surface area contributed by atoms with Gasteiger partial charge < -0.3 is 5.32 Å². The number of hydrogen-bond donors (Lipinski definition) is 2. The van der Waals surface area contributed by atoms with Gasteiger partial charge in [-0.25, -0.2) is 0 Å². The van der Waals surface area contributed by atoms with Crippen molar-refractivity contribution in [1.82, 2.24) is 5.32 Å². The van der Waals surface area contributed by atoms with Crippen LogP contribution in [0.25, 0.3) is 0 Å².